The van der Waals surface area contributed by atoms with Crippen molar-refractivity contribution < 1.29 is 28.6 Å². The molecule has 0 aliphatic rings. The second kappa shape index (κ2) is 58.4. The van der Waals surface area contributed by atoms with Gasteiger partial charge in [0.25, 0.3) is 0 Å². The predicted octanol–water partition coefficient (Wildman–Crippen LogP) is 20.2. The average molecular weight is 978 g/mol. The first-order valence-corrected chi connectivity index (χ1v) is 29.9. The van der Waals surface area contributed by atoms with Crippen LogP contribution in [0.4, 0.5) is 0 Å². The van der Waals surface area contributed by atoms with E-state index in [1.807, 2.05) is 0 Å². The summed E-state index contributed by atoms with van der Waals surface area (Å²) in [4.78, 5) is 38.2. The van der Waals surface area contributed by atoms with Crippen LogP contribution in [-0.2, 0) is 28.6 Å². The number of rotatable bonds is 54. The lowest BCUT2D eigenvalue weighted by molar-refractivity contribution is -0.167. The lowest BCUT2D eigenvalue weighted by atomic mass is 10.1. The second-order valence-electron chi connectivity index (χ2n) is 19.9. The van der Waals surface area contributed by atoms with Gasteiger partial charge in [0, 0.05) is 19.3 Å². The molecule has 0 fully saturated rings. The summed E-state index contributed by atoms with van der Waals surface area (Å²) in [7, 11) is 0. The minimum absolute atomic E-state index is 0.0866. The van der Waals surface area contributed by atoms with Crippen molar-refractivity contribution in [1.82, 2.24) is 0 Å². The molecule has 0 heterocycles. The van der Waals surface area contributed by atoms with E-state index in [9.17, 15) is 14.4 Å². The molecule has 0 amide bonds. The van der Waals surface area contributed by atoms with E-state index in [1.165, 1.54) is 161 Å². The predicted molar refractivity (Wildman–Crippen MR) is 302 cm³/mol. The van der Waals surface area contributed by atoms with Crippen molar-refractivity contribution in [3.05, 3.63) is 72.9 Å². The zero-order valence-electron chi connectivity index (χ0n) is 46.3. The average Bonchev–Trinajstić information content (AvgIpc) is 3.36. The first-order valence-electron chi connectivity index (χ1n) is 29.9. The van der Waals surface area contributed by atoms with Gasteiger partial charge in [0.15, 0.2) is 6.10 Å². The van der Waals surface area contributed by atoms with Crippen LogP contribution in [0.15, 0.2) is 72.9 Å². The smallest absolute Gasteiger partial charge is 0.306 e. The molecule has 0 aliphatic carbocycles. The number of unbranched alkanes of at least 4 members (excludes halogenated alkanes) is 31. The quantitative estimate of drug-likeness (QED) is 0.0261. The summed E-state index contributed by atoms with van der Waals surface area (Å²) in [6.45, 7) is 6.59. The normalized spacial score (nSPS) is 12.6. The highest BCUT2D eigenvalue weighted by molar-refractivity contribution is 5.71. The Balaban J connectivity index is 4.42. The number of hydrogen-bond acceptors (Lipinski definition) is 6. The fourth-order valence-electron chi connectivity index (χ4n) is 8.36. The van der Waals surface area contributed by atoms with Crippen molar-refractivity contribution in [2.24, 2.45) is 0 Å². The van der Waals surface area contributed by atoms with Crippen molar-refractivity contribution in [3.63, 3.8) is 0 Å². The van der Waals surface area contributed by atoms with Gasteiger partial charge in [-0.1, -0.05) is 235 Å². The molecule has 1 atom stereocenters. The summed E-state index contributed by atoms with van der Waals surface area (Å²) < 4.78 is 16.9. The molecule has 0 N–H and O–H groups in total. The maximum atomic E-state index is 12.9. The number of ether oxygens (including phenoxy) is 3. The highest BCUT2D eigenvalue weighted by atomic mass is 16.6. The van der Waals surface area contributed by atoms with Crippen LogP contribution in [0, 0.1) is 0 Å². The Hall–Kier alpha value is -3.15. The minimum Gasteiger partial charge on any atom is -0.462 e. The van der Waals surface area contributed by atoms with Gasteiger partial charge >= 0.3 is 17.9 Å². The Labute approximate surface area is 433 Å². The number of carbonyl (C=O) groups excluding carboxylic acids is 3. The Morgan fingerprint density at radius 1 is 0.286 bits per heavy atom. The number of hydrogen-bond donors (Lipinski definition) is 0. The Morgan fingerprint density at radius 3 is 0.857 bits per heavy atom. The maximum Gasteiger partial charge on any atom is 0.306 e. The minimum atomic E-state index is -0.789. The van der Waals surface area contributed by atoms with Gasteiger partial charge in [0.2, 0.25) is 0 Å². The van der Waals surface area contributed by atoms with Gasteiger partial charge in [-0.15, -0.1) is 0 Å². The van der Waals surface area contributed by atoms with E-state index in [0.29, 0.717) is 19.3 Å². The fourth-order valence-corrected chi connectivity index (χ4v) is 8.36. The van der Waals surface area contributed by atoms with E-state index in [2.05, 4.69) is 93.7 Å². The molecule has 0 radical (unpaired) electrons. The standard InChI is InChI=1S/C64H112O6/c1-4-7-10-13-16-19-22-25-28-30-32-34-36-39-42-45-48-51-54-57-63(66)69-60-61(59-68-62(65)56-53-50-47-44-41-38-35-27-24-21-18-15-12-9-6-3)70-64(67)58-55-52-49-46-43-40-37-33-31-29-26-23-20-17-14-11-8-5-2/h16,19-20,23,25,27-29,31-32,34-35,61H,4-15,17-18,21-22,24,26,30,33,36-60H2,1-3H3/b19-16-,23-20-,28-25-,31-29-,34-32-,35-27-. The largest absolute Gasteiger partial charge is 0.462 e. The summed E-state index contributed by atoms with van der Waals surface area (Å²) in [6, 6.07) is 0. The third-order valence-electron chi connectivity index (χ3n) is 12.9. The molecule has 0 bridgehead atoms. The van der Waals surface area contributed by atoms with Gasteiger partial charge in [-0.2, -0.15) is 0 Å². The highest BCUT2D eigenvalue weighted by Crippen LogP contribution is 2.15. The molecule has 0 aromatic rings. The molecular weight excluding hydrogens is 865 g/mol. The van der Waals surface area contributed by atoms with E-state index < -0.39 is 6.10 Å². The summed E-state index contributed by atoms with van der Waals surface area (Å²) in [5, 5.41) is 0. The molecule has 1 unspecified atom stereocenters. The third kappa shape index (κ3) is 55.8. The van der Waals surface area contributed by atoms with Crippen molar-refractivity contribution in [1.29, 1.82) is 0 Å². The molecule has 0 saturated heterocycles. The van der Waals surface area contributed by atoms with Crippen LogP contribution in [-0.4, -0.2) is 37.2 Å². The molecule has 6 heteroatoms. The summed E-state index contributed by atoms with van der Waals surface area (Å²) >= 11 is 0. The molecular formula is C64H112O6. The van der Waals surface area contributed by atoms with Gasteiger partial charge in [-0.25, -0.2) is 0 Å². The lowest BCUT2D eigenvalue weighted by Crippen LogP contribution is -2.30. The van der Waals surface area contributed by atoms with Crippen LogP contribution in [0.5, 0.6) is 0 Å². The van der Waals surface area contributed by atoms with Crippen molar-refractivity contribution in [3.8, 4) is 0 Å². The molecule has 0 rings (SSSR count). The fraction of sp³-hybridized carbons (Fsp3) is 0.766. The molecule has 70 heavy (non-hydrogen) atoms. The topological polar surface area (TPSA) is 78.9 Å². The van der Waals surface area contributed by atoms with Crippen LogP contribution in [0.25, 0.3) is 0 Å². The molecule has 6 nitrogen and oxygen atoms in total. The molecule has 0 aromatic carbocycles. The van der Waals surface area contributed by atoms with E-state index in [1.54, 1.807) is 0 Å². The summed E-state index contributed by atoms with van der Waals surface area (Å²) in [6.07, 6.45) is 74.5. The Morgan fingerprint density at radius 2 is 0.514 bits per heavy atom. The van der Waals surface area contributed by atoms with Crippen LogP contribution in [0.1, 0.15) is 297 Å². The van der Waals surface area contributed by atoms with Crippen molar-refractivity contribution >= 4 is 17.9 Å². The SMILES string of the molecule is CCCCC/C=C\C/C=C\C/C=C\CCCCCCCCC(=O)OCC(COC(=O)CCCCCCC/C=C\CCCCCCCC)OC(=O)CCCCCCCCC/C=C\C/C=C\CCCCCC. The van der Waals surface area contributed by atoms with Gasteiger partial charge < -0.3 is 14.2 Å². The first kappa shape index (κ1) is 66.9. The van der Waals surface area contributed by atoms with E-state index in [-0.39, 0.29) is 31.1 Å². The van der Waals surface area contributed by atoms with Crippen LogP contribution in [0.3, 0.4) is 0 Å². The van der Waals surface area contributed by atoms with Crippen LogP contribution in [0.2, 0.25) is 0 Å². The first-order chi connectivity index (χ1) is 34.5. The van der Waals surface area contributed by atoms with E-state index in [4.69, 9.17) is 14.2 Å². The second-order valence-corrected chi connectivity index (χ2v) is 19.9. The summed E-state index contributed by atoms with van der Waals surface area (Å²) in [5.41, 5.74) is 0. The monoisotopic (exact) mass is 977 g/mol. The van der Waals surface area contributed by atoms with Gasteiger partial charge in [0.1, 0.15) is 13.2 Å². The van der Waals surface area contributed by atoms with Crippen molar-refractivity contribution in [2.45, 2.75) is 303 Å². The zero-order chi connectivity index (χ0) is 50.7. The molecule has 0 spiro atoms. The van der Waals surface area contributed by atoms with E-state index >= 15 is 0 Å². The highest BCUT2D eigenvalue weighted by Gasteiger charge is 2.19. The van der Waals surface area contributed by atoms with E-state index in [0.717, 1.165) is 96.3 Å². The van der Waals surface area contributed by atoms with Gasteiger partial charge in [-0.05, 0) is 116 Å². The molecule has 404 valence electrons. The number of esters is 3. The van der Waals surface area contributed by atoms with Gasteiger partial charge in [0.05, 0.1) is 0 Å². The van der Waals surface area contributed by atoms with Crippen LogP contribution < -0.4 is 0 Å². The summed E-state index contributed by atoms with van der Waals surface area (Å²) in [5.74, 6) is -0.905. The van der Waals surface area contributed by atoms with Crippen LogP contribution >= 0.6 is 0 Å². The molecule has 0 saturated carbocycles. The Kier molecular flexibility index (Phi) is 55.8. The zero-order valence-corrected chi connectivity index (χ0v) is 46.3. The molecule has 0 aromatic heterocycles. The number of carbonyl (C=O) groups is 3. The van der Waals surface area contributed by atoms with Gasteiger partial charge in [-0.3, -0.25) is 14.4 Å². The lowest BCUT2D eigenvalue weighted by Gasteiger charge is -2.18. The third-order valence-corrected chi connectivity index (χ3v) is 12.9. The Bertz CT molecular complexity index is 1310. The van der Waals surface area contributed by atoms with Crippen molar-refractivity contribution in [2.75, 3.05) is 13.2 Å². The maximum absolute atomic E-state index is 12.9. The number of allylic oxidation sites excluding steroid dienone is 12. The molecule has 0 aliphatic heterocycles.